The molecule has 0 spiro atoms. The molecule has 4 N–H and O–H groups in total. The summed E-state index contributed by atoms with van der Waals surface area (Å²) in [6.45, 7) is 4.84. The van der Waals surface area contributed by atoms with E-state index in [1.54, 1.807) is 0 Å². The number of ether oxygens (including phenoxy) is 1. The van der Waals surface area contributed by atoms with Crippen molar-refractivity contribution in [2.75, 3.05) is 6.54 Å². The van der Waals surface area contributed by atoms with Gasteiger partial charge in [-0.3, -0.25) is 9.59 Å². The topological polar surface area (TPSA) is 119 Å². The van der Waals surface area contributed by atoms with Gasteiger partial charge in [0, 0.05) is 12.8 Å². The molecule has 0 aliphatic carbocycles. The number of hydrogen-bond donors (Lipinski definition) is 3. The van der Waals surface area contributed by atoms with Gasteiger partial charge in [0.1, 0.15) is 12.1 Å². The van der Waals surface area contributed by atoms with Crippen LogP contribution >= 0.6 is 0 Å². The summed E-state index contributed by atoms with van der Waals surface area (Å²) in [4.78, 5) is 36.1. The first-order chi connectivity index (χ1) is 22.9. The van der Waals surface area contributed by atoms with Crippen LogP contribution < -0.4 is 11.1 Å². The van der Waals surface area contributed by atoms with Crippen LogP contribution in [0.15, 0.2) is 24.3 Å². The van der Waals surface area contributed by atoms with E-state index in [0.29, 0.717) is 38.6 Å². The van der Waals surface area contributed by atoms with E-state index < -0.39 is 12.0 Å². The van der Waals surface area contributed by atoms with E-state index in [2.05, 4.69) is 37.4 Å². The molecule has 274 valence electrons. The molecule has 7 nitrogen and oxygen atoms in total. The molecule has 0 aliphatic rings. The largest absolute Gasteiger partial charge is 0.480 e. The number of aliphatic carboxylic acids is 1. The fraction of sp³-hybridized carbons (Fsp3) is 0.825. The van der Waals surface area contributed by atoms with Gasteiger partial charge in [0.2, 0.25) is 5.91 Å². The Hall–Kier alpha value is -2.15. The Labute approximate surface area is 289 Å². The Morgan fingerprint density at radius 3 is 1.70 bits per heavy atom. The lowest BCUT2D eigenvalue weighted by Crippen LogP contribution is -2.40. The first-order valence-electron chi connectivity index (χ1n) is 19.7. The number of nitrogens with one attached hydrogen (secondary N) is 1. The fourth-order valence-corrected chi connectivity index (χ4v) is 5.76. The summed E-state index contributed by atoms with van der Waals surface area (Å²) in [5.41, 5.74) is 5.46. The molecule has 0 saturated heterocycles. The van der Waals surface area contributed by atoms with Crippen LogP contribution in [0.5, 0.6) is 0 Å². The van der Waals surface area contributed by atoms with Crippen LogP contribution in [0.25, 0.3) is 0 Å². The molecule has 0 fully saturated rings. The van der Waals surface area contributed by atoms with Crippen molar-refractivity contribution in [2.45, 2.75) is 206 Å². The lowest BCUT2D eigenvalue weighted by atomic mass is 10.0. The third kappa shape index (κ3) is 32.2. The second-order valence-corrected chi connectivity index (χ2v) is 13.3. The fourth-order valence-electron chi connectivity index (χ4n) is 5.76. The third-order valence-electron chi connectivity index (χ3n) is 8.73. The van der Waals surface area contributed by atoms with Crippen LogP contribution in [-0.4, -0.2) is 41.6 Å². The van der Waals surface area contributed by atoms with E-state index in [4.69, 9.17) is 10.5 Å². The lowest BCUT2D eigenvalue weighted by molar-refractivity contribution is -0.147. The Morgan fingerprint density at radius 1 is 0.638 bits per heavy atom. The average Bonchev–Trinajstić information content (AvgIpc) is 3.05. The zero-order valence-electron chi connectivity index (χ0n) is 30.6. The minimum Gasteiger partial charge on any atom is -0.480 e. The molecular formula is C40H74N2O5. The summed E-state index contributed by atoms with van der Waals surface area (Å²) < 4.78 is 5.87. The number of unbranched alkanes of at least 4 members (excludes halogenated alkanes) is 19. The molecule has 0 rings (SSSR count). The summed E-state index contributed by atoms with van der Waals surface area (Å²) in [5.74, 6) is -1.35. The molecule has 0 radical (unpaired) electrons. The summed E-state index contributed by atoms with van der Waals surface area (Å²) in [5, 5.41) is 11.9. The number of amides is 1. The predicted octanol–water partition coefficient (Wildman–Crippen LogP) is 10.5. The van der Waals surface area contributed by atoms with Gasteiger partial charge in [-0.1, -0.05) is 148 Å². The Balaban J connectivity index is 4.16. The van der Waals surface area contributed by atoms with Gasteiger partial charge in [0.05, 0.1) is 0 Å². The van der Waals surface area contributed by atoms with Crippen molar-refractivity contribution < 1.29 is 24.2 Å². The SMILES string of the molecule is CCC/C=C\C/C=C\C(CCCCCCC(=O)NC(CCCN)C(=O)O)OC(=O)CCCCCCCCCCCCCCCCCC. The number of carboxylic acids is 1. The van der Waals surface area contributed by atoms with E-state index in [1.165, 1.54) is 89.9 Å². The molecule has 0 aromatic carbocycles. The minimum atomic E-state index is -1.02. The van der Waals surface area contributed by atoms with Gasteiger partial charge in [-0.25, -0.2) is 4.79 Å². The first kappa shape index (κ1) is 44.9. The molecule has 2 atom stereocenters. The smallest absolute Gasteiger partial charge is 0.326 e. The predicted molar refractivity (Wildman–Crippen MR) is 197 cm³/mol. The third-order valence-corrected chi connectivity index (χ3v) is 8.73. The number of esters is 1. The lowest BCUT2D eigenvalue weighted by Gasteiger charge is -2.15. The van der Waals surface area contributed by atoms with E-state index >= 15 is 0 Å². The van der Waals surface area contributed by atoms with E-state index in [0.717, 1.165) is 57.8 Å². The minimum absolute atomic E-state index is 0.106. The average molecular weight is 663 g/mol. The van der Waals surface area contributed by atoms with Gasteiger partial charge in [0.15, 0.2) is 0 Å². The molecule has 2 unspecified atom stereocenters. The quantitative estimate of drug-likeness (QED) is 0.0353. The maximum atomic E-state index is 12.6. The normalized spacial score (nSPS) is 12.9. The van der Waals surface area contributed by atoms with Crippen LogP contribution in [-0.2, 0) is 19.1 Å². The highest BCUT2D eigenvalue weighted by molar-refractivity contribution is 5.83. The molecule has 0 aromatic heterocycles. The molecule has 0 aromatic rings. The second kappa shape index (κ2) is 35.2. The van der Waals surface area contributed by atoms with E-state index in [9.17, 15) is 19.5 Å². The van der Waals surface area contributed by atoms with Crippen molar-refractivity contribution >= 4 is 17.8 Å². The summed E-state index contributed by atoms with van der Waals surface area (Å²) in [6.07, 6.45) is 38.2. The Bertz CT molecular complexity index is 797. The highest BCUT2D eigenvalue weighted by Gasteiger charge is 2.19. The van der Waals surface area contributed by atoms with Crippen LogP contribution in [0.4, 0.5) is 0 Å². The van der Waals surface area contributed by atoms with Crippen LogP contribution in [0, 0.1) is 0 Å². The highest BCUT2D eigenvalue weighted by atomic mass is 16.5. The number of nitrogens with two attached hydrogens (primary N) is 1. The maximum absolute atomic E-state index is 12.6. The van der Waals surface area contributed by atoms with Crippen molar-refractivity contribution in [1.82, 2.24) is 5.32 Å². The van der Waals surface area contributed by atoms with Gasteiger partial charge in [0.25, 0.3) is 0 Å². The molecule has 47 heavy (non-hydrogen) atoms. The number of carbonyl (C=O) groups is 3. The summed E-state index contributed by atoms with van der Waals surface area (Å²) >= 11 is 0. The van der Waals surface area contributed by atoms with Crippen LogP contribution in [0.2, 0.25) is 0 Å². The van der Waals surface area contributed by atoms with Crippen molar-refractivity contribution in [3.05, 3.63) is 24.3 Å². The second-order valence-electron chi connectivity index (χ2n) is 13.3. The molecular weight excluding hydrogens is 588 g/mol. The van der Waals surface area contributed by atoms with Crippen LogP contribution in [0.3, 0.4) is 0 Å². The molecule has 1 amide bonds. The molecule has 0 aliphatic heterocycles. The zero-order valence-corrected chi connectivity index (χ0v) is 30.6. The zero-order chi connectivity index (χ0) is 34.6. The van der Waals surface area contributed by atoms with Crippen molar-refractivity contribution in [1.29, 1.82) is 0 Å². The van der Waals surface area contributed by atoms with E-state index in [-0.39, 0.29) is 18.0 Å². The maximum Gasteiger partial charge on any atom is 0.326 e. The van der Waals surface area contributed by atoms with Gasteiger partial charge >= 0.3 is 11.9 Å². The molecule has 7 heteroatoms. The number of carboxylic acid groups (broad SMARTS) is 1. The van der Waals surface area contributed by atoms with Gasteiger partial charge in [-0.15, -0.1) is 0 Å². The number of rotatable bonds is 35. The number of hydrogen-bond acceptors (Lipinski definition) is 5. The van der Waals surface area contributed by atoms with Gasteiger partial charge < -0.3 is 20.9 Å². The summed E-state index contributed by atoms with van der Waals surface area (Å²) in [6, 6.07) is -0.871. The van der Waals surface area contributed by atoms with Crippen molar-refractivity contribution in [3.63, 3.8) is 0 Å². The van der Waals surface area contributed by atoms with E-state index in [1.807, 2.05) is 6.08 Å². The van der Waals surface area contributed by atoms with Crippen molar-refractivity contribution in [3.8, 4) is 0 Å². The number of carbonyl (C=O) groups excluding carboxylic acids is 2. The summed E-state index contributed by atoms with van der Waals surface area (Å²) in [7, 11) is 0. The van der Waals surface area contributed by atoms with Crippen molar-refractivity contribution in [2.24, 2.45) is 5.73 Å². The van der Waals surface area contributed by atoms with Crippen LogP contribution in [0.1, 0.15) is 194 Å². The molecule has 0 saturated carbocycles. The first-order valence-corrected chi connectivity index (χ1v) is 19.7. The van der Waals surface area contributed by atoms with Gasteiger partial charge in [-0.2, -0.15) is 0 Å². The molecule has 0 heterocycles. The monoisotopic (exact) mass is 663 g/mol. The Kier molecular flexibility index (Phi) is 33.6. The highest BCUT2D eigenvalue weighted by Crippen LogP contribution is 2.16. The molecule has 0 bridgehead atoms. The number of allylic oxidation sites excluding steroid dienone is 3. The van der Waals surface area contributed by atoms with Gasteiger partial charge in [-0.05, 0) is 64.0 Å². The Morgan fingerprint density at radius 2 is 1.17 bits per heavy atom. The standard InChI is InChI=1S/C40H74N2O5/c1-3-5-7-9-11-12-13-14-15-16-17-18-19-20-22-28-34-39(44)47-36(30-25-21-10-8-6-4-2)31-26-23-24-27-33-38(43)42-37(40(45)46)32-29-35-41/h8,10,25,30,36-37H,3-7,9,11-24,26-29,31-35,41H2,1-2H3,(H,42,43)(H,45,46)/b10-8-,30-25-.